The van der Waals surface area contributed by atoms with Crippen molar-refractivity contribution in [3.63, 3.8) is 0 Å². The third-order valence-corrected chi connectivity index (χ3v) is 12.7. The summed E-state index contributed by atoms with van der Waals surface area (Å²) in [6.45, 7) is 9.22. The van der Waals surface area contributed by atoms with E-state index in [4.69, 9.17) is 33.7 Å². The van der Waals surface area contributed by atoms with Gasteiger partial charge in [-0.1, -0.05) is 78.7 Å². The van der Waals surface area contributed by atoms with Crippen LogP contribution >= 0.6 is 0 Å². The number of carbonyl (C=O) groups is 1. The lowest BCUT2D eigenvalue weighted by atomic mass is 9.55. The Hall–Kier alpha value is -5.60. The number of nitrogens with zero attached hydrogens (tertiary/aromatic N) is 3. The van der Waals surface area contributed by atoms with Crippen LogP contribution in [0.4, 0.5) is 9.18 Å². The summed E-state index contributed by atoms with van der Waals surface area (Å²) in [5, 5.41) is 24.7. The number of pyridine rings is 1. The summed E-state index contributed by atoms with van der Waals surface area (Å²) in [7, 11) is 0. The summed E-state index contributed by atoms with van der Waals surface area (Å²) in [4.78, 5) is 27.0. The second-order valence-electron chi connectivity index (χ2n) is 17.2. The molecule has 7 rings (SSSR count). The Morgan fingerprint density at radius 3 is 2.48 bits per heavy atom. The second kappa shape index (κ2) is 23.7. The monoisotopic (exact) mass is 905 g/mol. The Morgan fingerprint density at radius 2 is 1.74 bits per heavy atom. The van der Waals surface area contributed by atoms with E-state index in [0.29, 0.717) is 48.8 Å². The van der Waals surface area contributed by atoms with Crippen molar-refractivity contribution in [2.24, 2.45) is 22.9 Å². The van der Waals surface area contributed by atoms with Gasteiger partial charge in [-0.2, -0.15) is 0 Å². The van der Waals surface area contributed by atoms with Gasteiger partial charge in [0.25, 0.3) is 0 Å². The van der Waals surface area contributed by atoms with Gasteiger partial charge in [-0.15, -0.1) is 6.58 Å². The predicted octanol–water partition coefficient (Wildman–Crippen LogP) is 9.62. The molecule has 352 valence electrons. The standard InChI is InChI=1S/C53H64FN3O9/c1-4-28-64-53-49(57(34-38-20-22-41(54)23-21-38)52(60)62-30-29-61-35-39-15-7-6-8-16-39)33-47(56-65-5-2)45-31-40(17-9-11-26-58)44(19-10-12-27-59)50(51(45)53)46-32-43(24-25-48(46)66-53)63-36-42-18-13-14-37(3)55-42/h4,6-8,13-16,18,20-25,31-32,40,44,49-51,58-59H,1,5,9-12,17,19,26-30,33-36H2,2-3H3/t40-,44+,49-,50+,51+,53+/m0/s1. The molecule has 3 aromatic carbocycles. The quantitative estimate of drug-likeness (QED) is 0.0397. The van der Waals surface area contributed by atoms with Gasteiger partial charge in [0.1, 0.15) is 43.2 Å². The van der Waals surface area contributed by atoms with Crippen LogP contribution in [-0.4, -0.2) is 83.4 Å². The number of halogens is 1. The zero-order valence-corrected chi connectivity index (χ0v) is 38.2. The molecular formula is C53H64FN3O9. The summed E-state index contributed by atoms with van der Waals surface area (Å²) in [6, 6.07) is 26.7. The Labute approximate surface area is 388 Å². The highest BCUT2D eigenvalue weighted by atomic mass is 19.1. The largest absolute Gasteiger partial charge is 0.487 e. The van der Waals surface area contributed by atoms with Gasteiger partial charge in [0, 0.05) is 43.4 Å². The molecule has 0 radical (unpaired) electrons. The molecule has 1 fully saturated rings. The van der Waals surface area contributed by atoms with Crippen LogP contribution in [0.5, 0.6) is 11.5 Å². The minimum atomic E-state index is -1.52. The Kier molecular flexibility index (Phi) is 17.4. The van der Waals surface area contributed by atoms with Crippen molar-refractivity contribution >= 4 is 11.8 Å². The highest BCUT2D eigenvalue weighted by Gasteiger charge is 2.65. The number of aliphatic hydroxyl groups excluding tert-OH is 2. The molecule has 0 bridgehead atoms. The molecule has 2 aliphatic carbocycles. The molecule has 12 nitrogen and oxygen atoms in total. The number of ether oxygens (including phenoxy) is 5. The molecule has 66 heavy (non-hydrogen) atoms. The lowest BCUT2D eigenvalue weighted by Gasteiger charge is -2.59. The summed E-state index contributed by atoms with van der Waals surface area (Å²) in [5.41, 5.74) is 5.87. The number of benzene rings is 3. The van der Waals surface area contributed by atoms with Gasteiger partial charge in [0.15, 0.2) is 0 Å². The van der Waals surface area contributed by atoms with Crippen LogP contribution in [-0.2, 0) is 38.8 Å². The molecule has 0 unspecified atom stereocenters. The molecule has 4 aromatic rings. The maximum absolute atomic E-state index is 14.8. The maximum Gasteiger partial charge on any atom is 0.410 e. The normalized spacial score (nSPS) is 22.3. The fourth-order valence-corrected chi connectivity index (χ4v) is 9.84. The van der Waals surface area contributed by atoms with Crippen molar-refractivity contribution in [1.82, 2.24) is 9.88 Å². The van der Waals surface area contributed by atoms with Crippen molar-refractivity contribution in [1.29, 1.82) is 0 Å². The molecule has 0 spiro atoms. The molecule has 1 saturated carbocycles. The van der Waals surface area contributed by atoms with Crippen LogP contribution in [0.1, 0.15) is 85.9 Å². The van der Waals surface area contributed by atoms with Crippen molar-refractivity contribution in [3.8, 4) is 11.5 Å². The number of rotatable bonds is 24. The fraction of sp³-hybridized carbons (Fsp3) is 0.453. The van der Waals surface area contributed by atoms with E-state index >= 15 is 0 Å². The van der Waals surface area contributed by atoms with Crippen LogP contribution in [0.15, 0.2) is 120 Å². The molecule has 2 heterocycles. The van der Waals surface area contributed by atoms with E-state index in [-0.39, 0.29) is 70.4 Å². The summed E-state index contributed by atoms with van der Waals surface area (Å²) < 4.78 is 47.2. The number of amides is 1. The van der Waals surface area contributed by atoms with Gasteiger partial charge in [-0.3, -0.25) is 9.88 Å². The topological polar surface area (TPSA) is 141 Å². The zero-order valence-electron chi connectivity index (χ0n) is 38.2. The van der Waals surface area contributed by atoms with Crippen molar-refractivity contribution in [2.75, 3.05) is 39.6 Å². The van der Waals surface area contributed by atoms with E-state index in [1.54, 1.807) is 23.1 Å². The van der Waals surface area contributed by atoms with Gasteiger partial charge in [-0.25, -0.2) is 9.18 Å². The SMILES string of the molecule is C=CCO[C@@]12Oc3ccc(OCc4cccc(C)n4)cc3[C@H]3[C@H](CCCCO)[C@@H](CCCCO)C=C(C(=NOCC)C[C@@H]1N(Cc1ccc(F)cc1)C(=O)OCCOCc1ccccc1)[C@H]32. The Balaban J connectivity index is 1.36. The highest BCUT2D eigenvalue weighted by Crippen LogP contribution is 2.62. The molecule has 6 atom stereocenters. The van der Waals surface area contributed by atoms with E-state index in [9.17, 15) is 19.4 Å². The summed E-state index contributed by atoms with van der Waals surface area (Å²) in [6.07, 6.45) is 7.97. The van der Waals surface area contributed by atoms with Crippen molar-refractivity contribution in [3.05, 3.63) is 149 Å². The number of aryl methyl sites for hydroxylation is 1. The van der Waals surface area contributed by atoms with Crippen LogP contribution in [0.25, 0.3) is 0 Å². The van der Waals surface area contributed by atoms with Crippen molar-refractivity contribution in [2.45, 2.75) is 96.3 Å². The molecule has 1 aromatic heterocycles. The van der Waals surface area contributed by atoms with E-state index in [2.05, 4.69) is 23.7 Å². The second-order valence-corrected chi connectivity index (χ2v) is 17.2. The molecule has 2 N–H and O–H groups in total. The van der Waals surface area contributed by atoms with Crippen LogP contribution in [0, 0.1) is 30.5 Å². The molecule has 0 saturated heterocycles. The van der Waals surface area contributed by atoms with Gasteiger partial charge in [0.2, 0.25) is 5.79 Å². The number of aliphatic hydroxyl groups is 2. The van der Waals surface area contributed by atoms with Crippen LogP contribution < -0.4 is 9.47 Å². The molecule has 3 aliphatic rings. The zero-order chi connectivity index (χ0) is 46.3. The number of hydrogen-bond donors (Lipinski definition) is 2. The third kappa shape index (κ3) is 11.7. The van der Waals surface area contributed by atoms with Crippen LogP contribution in [0.3, 0.4) is 0 Å². The van der Waals surface area contributed by atoms with Gasteiger partial charge in [0.05, 0.1) is 37.1 Å². The van der Waals surface area contributed by atoms with E-state index in [1.165, 1.54) is 12.1 Å². The summed E-state index contributed by atoms with van der Waals surface area (Å²) >= 11 is 0. The number of allylic oxidation sites excluding steroid dienone is 1. The van der Waals surface area contributed by atoms with Gasteiger partial charge in [-0.05, 0) is 111 Å². The number of hydrogen-bond acceptors (Lipinski definition) is 11. The number of fused-ring (bicyclic) bond motifs is 2. The lowest BCUT2D eigenvalue weighted by Crippen LogP contribution is -2.70. The number of oxime groups is 1. The van der Waals surface area contributed by atoms with Gasteiger partial charge < -0.3 is 38.7 Å². The average Bonchev–Trinajstić information content (AvgIpc) is 3.33. The highest BCUT2D eigenvalue weighted by molar-refractivity contribution is 6.03. The molecular weight excluding hydrogens is 842 g/mol. The molecule has 1 amide bonds. The first-order chi connectivity index (χ1) is 32.3. The Bertz CT molecular complexity index is 2260. The maximum atomic E-state index is 14.8. The number of aromatic nitrogens is 1. The lowest BCUT2D eigenvalue weighted by molar-refractivity contribution is -0.256. The number of unbranched alkanes of at least 4 members (excludes halogenated alkanes) is 2. The smallest absolute Gasteiger partial charge is 0.410 e. The minimum absolute atomic E-state index is 0.0124. The first kappa shape index (κ1) is 48.3. The van der Waals surface area contributed by atoms with E-state index < -0.39 is 29.7 Å². The van der Waals surface area contributed by atoms with E-state index in [1.807, 2.05) is 74.5 Å². The first-order valence-corrected chi connectivity index (χ1v) is 23.3. The minimum Gasteiger partial charge on any atom is -0.487 e. The molecule has 1 aliphatic heterocycles. The number of carbonyl (C=O) groups excluding carboxylic acids is 1. The first-order valence-electron chi connectivity index (χ1n) is 23.3. The summed E-state index contributed by atoms with van der Waals surface area (Å²) in [5.74, 6) is -1.43. The predicted molar refractivity (Wildman–Crippen MR) is 249 cm³/mol. The van der Waals surface area contributed by atoms with Gasteiger partial charge >= 0.3 is 6.09 Å². The van der Waals surface area contributed by atoms with Crippen molar-refractivity contribution < 1.29 is 47.9 Å². The van der Waals surface area contributed by atoms with E-state index in [0.717, 1.165) is 53.8 Å². The average molecular weight is 906 g/mol. The molecule has 13 heteroatoms. The third-order valence-electron chi connectivity index (χ3n) is 12.7. The fourth-order valence-electron chi connectivity index (χ4n) is 9.84. The Morgan fingerprint density at radius 1 is 0.955 bits per heavy atom. The van der Waals surface area contributed by atoms with Crippen LogP contribution in [0.2, 0.25) is 0 Å².